The molecule has 0 saturated carbocycles. The Labute approximate surface area is 67.5 Å². The molecule has 0 saturated heterocycles. The fourth-order valence-electron chi connectivity index (χ4n) is 0.960. The van der Waals surface area contributed by atoms with Gasteiger partial charge in [0.25, 0.3) is 0 Å². The molecule has 0 aliphatic carbocycles. The maximum atomic E-state index is 9.88. The fourth-order valence-corrected chi connectivity index (χ4v) is 0.960. The summed E-state index contributed by atoms with van der Waals surface area (Å²) in [4.78, 5) is 17.1. The lowest BCUT2D eigenvalue weighted by atomic mass is 10.3. The van der Waals surface area contributed by atoms with Crippen LogP contribution >= 0.6 is 0 Å². The van der Waals surface area contributed by atoms with E-state index in [0.29, 0.717) is 5.71 Å². The SMILES string of the molecule is O=C=Nc1cc2cccnc2o1. The van der Waals surface area contributed by atoms with Crippen LogP contribution in [-0.2, 0) is 4.79 Å². The monoisotopic (exact) mass is 160 g/mol. The van der Waals surface area contributed by atoms with Gasteiger partial charge < -0.3 is 4.42 Å². The zero-order chi connectivity index (χ0) is 8.39. The molecule has 2 aromatic heterocycles. The summed E-state index contributed by atoms with van der Waals surface area (Å²) < 4.78 is 5.07. The highest BCUT2D eigenvalue weighted by Gasteiger charge is 2.00. The van der Waals surface area contributed by atoms with Crippen LogP contribution < -0.4 is 0 Å². The van der Waals surface area contributed by atoms with Gasteiger partial charge in [0, 0.05) is 17.6 Å². The minimum absolute atomic E-state index is 0.235. The average molecular weight is 160 g/mol. The third-order valence-electron chi connectivity index (χ3n) is 1.44. The lowest BCUT2D eigenvalue weighted by Gasteiger charge is -1.80. The number of furan rings is 1. The zero-order valence-electron chi connectivity index (χ0n) is 6.02. The van der Waals surface area contributed by atoms with E-state index in [1.54, 1.807) is 18.3 Å². The van der Waals surface area contributed by atoms with Crippen molar-refractivity contribution in [3.8, 4) is 0 Å². The van der Waals surface area contributed by atoms with E-state index in [1.807, 2.05) is 6.07 Å². The molecule has 2 heterocycles. The van der Waals surface area contributed by atoms with Gasteiger partial charge in [0.1, 0.15) is 0 Å². The Bertz CT molecular complexity index is 422. The standard InChI is InChI=1S/C8H4N2O2/c11-5-10-7-4-6-2-1-3-9-8(6)12-7/h1-4H. The van der Waals surface area contributed by atoms with Gasteiger partial charge in [-0.15, -0.1) is 4.99 Å². The molecule has 0 fully saturated rings. The van der Waals surface area contributed by atoms with E-state index in [9.17, 15) is 4.79 Å². The molecule has 0 atom stereocenters. The summed E-state index contributed by atoms with van der Waals surface area (Å²) in [5.41, 5.74) is 0.478. The number of rotatable bonds is 1. The van der Waals surface area contributed by atoms with Crippen molar-refractivity contribution >= 4 is 23.1 Å². The van der Waals surface area contributed by atoms with Gasteiger partial charge in [-0.3, -0.25) is 0 Å². The highest BCUT2D eigenvalue weighted by atomic mass is 16.4. The van der Waals surface area contributed by atoms with Crippen LogP contribution in [0.3, 0.4) is 0 Å². The molecule has 0 bridgehead atoms. The first-order valence-electron chi connectivity index (χ1n) is 3.32. The summed E-state index contributed by atoms with van der Waals surface area (Å²) in [6.45, 7) is 0. The first-order valence-corrected chi connectivity index (χ1v) is 3.32. The number of fused-ring (bicyclic) bond motifs is 1. The van der Waals surface area contributed by atoms with Gasteiger partial charge in [-0.1, -0.05) is 0 Å². The minimum atomic E-state index is 0.235. The minimum Gasteiger partial charge on any atom is -0.419 e. The Morgan fingerprint density at radius 1 is 1.58 bits per heavy atom. The molecule has 0 unspecified atom stereocenters. The molecule has 0 aromatic carbocycles. The maximum absolute atomic E-state index is 9.88. The van der Waals surface area contributed by atoms with Crippen molar-refractivity contribution in [2.75, 3.05) is 0 Å². The summed E-state index contributed by atoms with van der Waals surface area (Å²) >= 11 is 0. The van der Waals surface area contributed by atoms with Crippen molar-refractivity contribution in [3.05, 3.63) is 24.4 Å². The van der Waals surface area contributed by atoms with E-state index < -0.39 is 0 Å². The van der Waals surface area contributed by atoms with E-state index in [0.717, 1.165) is 5.39 Å². The Morgan fingerprint density at radius 2 is 2.50 bits per heavy atom. The Balaban J connectivity index is 2.69. The number of nitrogens with zero attached hydrogens (tertiary/aromatic N) is 2. The summed E-state index contributed by atoms with van der Waals surface area (Å²) in [5.74, 6) is 0.235. The number of aromatic nitrogens is 1. The van der Waals surface area contributed by atoms with Crippen LogP contribution in [0.1, 0.15) is 0 Å². The Kier molecular flexibility index (Phi) is 1.47. The molecule has 0 aliphatic rings. The predicted molar refractivity (Wildman–Crippen MR) is 41.8 cm³/mol. The normalized spacial score (nSPS) is 9.67. The molecule has 0 aliphatic heterocycles. The van der Waals surface area contributed by atoms with Gasteiger partial charge in [0.2, 0.25) is 17.7 Å². The van der Waals surface area contributed by atoms with E-state index in [-0.39, 0.29) is 5.88 Å². The second-order valence-electron chi connectivity index (χ2n) is 2.19. The fraction of sp³-hybridized carbons (Fsp3) is 0. The Morgan fingerprint density at radius 3 is 3.25 bits per heavy atom. The van der Waals surface area contributed by atoms with Crippen LogP contribution in [-0.4, -0.2) is 11.1 Å². The molecular weight excluding hydrogens is 156 g/mol. The van der Waals surface area contributed by atoms with Crippen molar-refractivity contribution in [1.82, 2.24) is 4.98 Å². The average Bonchev–Trinajstić information content (AvgIpc) is 2.47. The van der Waals surface area contributed by atoms with Crippen LogP contribution in [0.25, 0.3) is 11.1 Å². The van der Waals surface area contributed by atoms with E-state index >= 15 is 0 Å². The topological polar surface area (TPSA) is 55.5 Å². The van der Waals surface area contributed by atoms with Crippen LogP contribution in [0, 0.1) is 0 Å². The number of isocyanates is 1. The first-order chi connectivity index (χ1) is 5.90. The molecule has 0 amide bonds. The quantitative estimate of drug-likeness (QED) is 0.472. The molecule has 12 heavy (non-hydrogen) atoms. The van der Waals surface area contributed by atoms with E-state index in [4.69, 9.17) is 4.42 Å². The first kappa shape index (κ1) is 6.76. The van der Waals surface area contributed by atoms with Crippen molar-refractivity contribution in [2.24, 2.45) is 4.99 Å². The third-order valence-corrected chi connectivity index (χ3v) is 1.44. The second-order valence-corrected chi connectivity index (χ2v) is 2.19. The van der Waals surface area contributed by atoms with Crippen LogP contribution in [0.15, 0.2) is 33.8 Å². The highest BCUT2D eigenvalue weighted by molar-refractivity contribution is 5.76. The molecule has 2 rings (SSSR count). The van der Waals surface area contributed by atoms with Crippen molar-refractivity contribution in [1.29, 1.82) is 0 Å². The molecular formula is C8H4N2O2. The summed E-state index contributed by atoms with van der Waals surface area (Å²) in [5, 5.41) is 0.825. The van der Waals surface area contributed by atoms with E-state index in [2.05, 4.69) is 9.98 Å². The number of hydrogen-bond donors (Lipinski definition) is 0. The van der Waals surface area contributed by atoms with Gasteiger partial charge in [-0.25, -0.2) is 9.78 Å². The Hall–Kier alpha value is -1.93. The van der Waals surface area contributed by atoms with Gasteiger partial charge in [0.15, 0.2) is 0 Å². The smallest absolute Gasteiger partial charge is 0.243 e. The number of pyridine rings is 1. The largest absolute Gasteiger partial charge is 0.419 e. The molecule has 58 valence electrons. The lowest BCUT2D eigenvalue weighted by Crippen LogP contribution is -1.66. The van der Waals surface area contributed by atoms with Gasteiger partial charge in [-0.2, -0.15) is 0 Å². The second kappa shape index (κ2) is 2.60. The van der Waals surface area contributed by atoms with Crippen LogP contribution in [0.5, 0.6) is 0 Å². The number of hydrogen-bond acceptors (Lipinski definition) is 4. The third kappa shape index (κ3) is 1.00. The highest BCUT2D eigenvalue weighted by Crippen LogP contribution is 2.22. The maximum Gasteiger partial charge on any atom is 0.243 e. The molecule has 4 heteroatoms. The number of carbonyl (C=O) groups excluding carboxylic acids is 1. The van der Waals surface area contributed by atoms with E-state index in [1.165, 1.54) is 6.08 Å². The molecule has 0 N–H and O–H groups in total. The van der Waals surface area contributed by atoms with Gasteiger partial charge >= 0.3 is 0 Å². The van der Waals surface area contributed by atoms with Crippen molar-refractivity contribution in [2.45, 2.75) is 0 Å². The molecule has 4 nitrogen and oxygen atoms in total. The van der Waals surface area contributed by atoms with Crippen molar-refractivity contribution < 1.29 is 9.21 Å². The molecule has 0 radical (unpaired) electrons. The van der Waals surface area contributed by atoms with Crippen LogP contribution in [0.4, 0.5) is 5.88 Å². The predicted octanol–water partition coefficient (Wildman–Crippen LogP) is 1.80. The zero-order valence-corrected chi connectivity index (χ0v) is 6.02. The van der Waals surface area contributed by atoms with Gasteiger partial charge in [-0.05, 0) is 12.1 Å². The summed E-state index contributed by atoms with van der Waals surface area (Å²) in [6.07, 6.45) is 3.01. The van der Waals surface area contributed by atoms with Crippen molar-refractivity contribution in [3.63, 3.8) is 0 Å². The molecule has 0 spiro atoms. The van der Waals surface area contributed by atoms with Gasteiger partial charge in [0.05, 0.1) is 0 Å². The lowest BCUT2D eigenvalue weighted by molar-refractivity contribution is 0.560. The number of aliphatic imine (C=N–C) groups is 1. The summed E-state index contributed by atoms with van der Waals surface area (Å²) in [7, 11) is 0. The van der Waals surface area contributed by atoms with Crippen LogP contribution in [0.2, 0.25) is 0 Å². The molecule has 2 aromatic rings. The summed E-state index contributed by atoms with van der Waals surface area (Å²) in [6, 6.07) is 5.25.